The fraction of sp³-hybridized carbons (Fsp3) is 0.294. The van der Waals surface area contributed by atoms with Crippen molar-refractivity contribution in [2.45, 2.75) is 25.3 Å². The van der Waals surface area contributed by atoms with Crippen LogP contribution in [0.4, 0.5) is 14.9 Å². The summed E-state index contributed by atoms with van der Waals surface area (Å²) in [6, 6.07) is 5.58. The normalized spacial score (nSPS) is 16.2. The van der Waals surface area contributed by atoms with Crippen molar-refractivity contribution >= 4 is 29.0 Å². The van der Waals surface area contributed by atoms with Gasteiger partial charge in [-0.05, 0) is 54.5 Å². The fourth-order valence-electron chi connectivity index (χ4n) is 2.87. The molecule has 0 saturated heterocycles. The van der Waals surface area contributed by atoms with E-state index in [2.05, 4.69) is 16.0 Å². The number of amides is 3. The van der Waals surface area contributed by atoms with Crippen molar-refractivity contribution in [2.24, 2.45) is 0 Å². The molecule has 3 amide bonds. The molecular weight excluding hydrogens is 329 g/mol. The van der Waals surface area contributed by atoms with Gasteiger partial charge in [0.2, 0.25) is 0 Å². The minimum Gasteiger partial charge on any atom is -0.355 e. The van der Waals surface area contributed by atoms with Crippen LogP contribution in [0.15, 0.2) is 29.6 Å². The molecule has 3 N–H and O–H groups in total. The third-order valence-electron chi connectivity index (χ3n) is 4.05. The third-order valence-corrected chi connectivity index (χ3v) is 5.05. The second-order valence-corrected chi connectivity index (χ2v) is 6.62. The van der Waals surface area contributed by atoms with Gasteiger partial charge in [0.25, 0.3) is 5.91 Å². The Morgan fingerprint density at radius 2 is 2.12 bits per heavy atom. The number of nitrogens with one attached hydrogen (secondary N) is 3. The molecule has 24 heavy (non-hydrogen) atoms. The van der Waals surface area contributed by atoms with Gasteiger partial charge in [0, 0.05) is 17.6 Å². The van der Waals surface area contributed by atoms with E-state index < -0.39 is 11.7 Å². The van der Waals surface area contributed by atoms with Crippen molar-refractivity contribution in [2.75, 3.05) is 12.4 Å². The highest BCUT2D eigenvalue weighted by Crippen LogP contribution is 2.33. The molecule has 7 heteroatoms. The van der Waals surface area contributed by atoms with Gasteiger partial charge in [0.1, 0.15) is 5.82 Å². The van der Waals surface area contributed by atoms with Crippen LogP contribution in [-0.4, -0.2) is 19.0 Å². The molecule has 0 aliphatic heterocycles. The van der Waals surface area contributed by atoms with Crippen molar-refractivity contribution in [3.63, 3.8) is 0 Å². The van der Waals surface area contributed by atoms with Gasteiger partial charge in [0.05, 0.1) is 11.6 Å². The molecule has 1 aliphatic carbocycles. The molecule has 1 aliphatic rings. The van der Waals surface area contributed by atoms with Gasteiger partial charge in [-0.2, -0.15) is 0 Å². The number of urea groups is 1. The smallest absolute Gasteiger partial charge is 0.319 e. The molecule has 0 radical (unpaired) electrons. The zero-order chi connectivity index (χ0) is 17.1. The van der Waals surface area contributed by atoms with Gasteiger partial charge >= 0.3 is 6.03 Å². The first kappa shape index (κ1) is 16.4. The zero-order valence-electron chi connectivity index (χ0n) is 13.2. The van der Waals surface area contributed by atoms with Crippen LogP contribution in [0.2, 0.25) is 0 Å². The number of hydrogen-bond acceptors (Lipinski definition) is 3. The van der Waals surface area contributed by atoms with Crippen LogP contribution in [-0.2, 0) is 6.42 Å². The van der Waals surface area contributed by atoms with Crippen LogP contribution in [0, 0.1) is 5.82 Å². The maximum atomic E-state index is 13.7. The number of carbonyl (C=O) groups excluding carboxylic acids is 2. The van der Waals surface area contributed by atoms with E-state index in [9.17, 15) is 14.0 Å². The maximum Gasteiger partial charge on any atom is 0.319 e. The molecule has 0 unspecified atom stereocenters. The molecule has 1 aromatic heterocycles. The third kappa shape index (κ3) is 3.41. The summed E-state index contributed by atoms with van der Waals surface area (Å²) in [6.45, 7) is 0. The quantitative estimate of drug-likeness (QED) is 0.796. The second-order valence-electron chi connectivity index (χ2n) is 5.62. The summed E-state index contributed by atoms with van der Waals surface area (Å²) < 4.78 is 13.7. The highest BCUT2D eigenvalue weighted by molar-refractivity contribution is 7.10. The molecule has 2 aromatic rings. The zero-order valence-corrected chi connectivity index (χ0v) is 14.0. The molecule has 1 atom stereocenters. The van der Waals surface area contributed by atoms with Gasteiger partial charge in [-0.1, -0.05) is 0 Å². The number of benzene rings is 1. The van der Waals surface area contributed by atoms with Crippen LogP contribution in [0.3, 0.4) is 0 Å². The number of hydrogen-bond donors (Lipinski definition) is 3. The number of carbonyl (C=O) groups is 2. The number of halogens is 1. The summed E-state index contributed by atoms with van der Waals surface area (Å²) in [5.41, 5.74) is 1.44. The van der Waals surface area contributed by atoms with Crippen molar-refractivity contribution in [3.05, 3.63) is 51.5 Å². The highest BCUT2D eigenvalue weighted by Gasteiger charge is 2.22. The first-order valence-electron chi connectivity index (χ1n) is 7.74. The lowest BCUT2D eigenvalue weighted by Gasteiger charge is -2.23. The summed E-state index contributed by atoms with van der Waals surface area (Å²) in [6.07, 6.45) is 2.99. The minimum atomic E-state index is -0.629. The molecule has 3 rings (SSSR count). The lowest BCUT2D eigenvalue weighted by Crippen LogP contribution is -2.34. The van der Waals surface area contributed by atoms with Crippen LogP contribution in [0.25, 0.3) is 0 Å². The monoisotopic (exact) mass is 347 g/mol. The van der Waals surface area contributed by atoms with Gasteiger partial charge in [-0.15, -0.1) is 11.3 Å². The van der Waals surface area contributed by atoms with E-state index in [1.165, 1.54) is 29.6 Å². The predicted octanol–water partition coefficient (Wildman–Crippen LogP) is 3.45. The largest absolute Gasteiger partial charge is 0.355 e. The summed E-state index contributed by atoms with van der Waals surface area (Å²) in [5, 5.41) is 10.0. The Kier molecular flexibility index (Phi) is 4.80. The van der Waals surface area contributed by atoms with Gasteiger partial charge < -0.3 is 16.0 Å². The second kappa shape index (κ2) is 7.00. The van der Waals surface area contributed by atoms with E-state index in [4.69, 9.17) is 0 Å². The van der Waals surface area contributed by atoms with Gasteiger partial charge in [0.15, 0.2) is 0 Å². The van der Waals surface area contributed by atoms with E-state index in [0.717, 1.165) is 25.3 Å². The van der Waals surface area contributed by atoms with E-state index >= 15 is 0 Å². The summed E-state index contributed by atoms with van der Waals surface area (Å²) in [4.78, 5) is 25.2. The highest BCUT2D eigenvalue weighted by atomic mass is 32.1. The van der Waals surface area contributed by atoms with Crippen molar-refractivity contribution in [3.8, 4) is 0 Å². The minimum absolute atomic E-state index is 0.0149. The van der Waals surface area contributed by atoms with Gasteiger partial charge in [-0.25, -0.2) is 9.18 Å². The van der Waals surface area contributed by atoms with Crippen molar-refractivity contribution in [1.29, 1.82) is 0 Å². The number of fused-ring (bicyclic) bond motifs is 1. The first-order valence-corrected chi connectivity index (χ1v) is 8.62. The molecular formula is C17H18FN3O2S. The molecule has 0 bridgehead atoms. The van der Waals surface area contributed by atoms with Crippen LogP contribution in [0.1, 0.15) is 39.7 Å². The topological polar surface area (TPSA) is 70.2 Å². The summed E-state index contributed by atoms with van der Waals surface area (Å²) in [7, 11) is 1.43. The Morgan fingerprint density at radius 3 is 2.92 bits per heavy atom. The number of thiophene rings is 1. The Bertz CT molecular complexity index is 775. The Hall–Kier alpha value is -2.41. The standard InChI is InChI=1S/C17H18FN3O2S/c1-19-16(22)12-9-10(5-6-13(12)18)20-17(23)21-14-3-2-4-15-11(14)7-8-24-15/h5-9,14H,2-4H2,1H3,(H,19,22)(H2,20,21,23)/t14-/m1/s1. The van der Waals surface area contributed by atoms with Gasteiger partial charge in [-0.3, -0.25) is 4.79 Å². The predicted molar refractivity (Wildman–Crippen MR) is 91.9 cm³/mol. The molecule has 1 aromatic carbocycles. The lowest BCUT2D eigenvalue weighted by atomic mass is 9.94. The number of anilines is 1. The SMILES string of the molecule is CNC(=O)c1cc(NC(=O)N[C@@H]2CCCc3sccc32)ccc1F. The Labute approximate surface area is 143 Å². The summed E-state index contributed by atoms with van der Waals surface area (Å²) in [5.74, 6) is -1.16. The van der Waals surface area contributed by atoms with E-state index in [1.807, 2.05) is 11.4 Å². The molecule has 1 heterocycles. The van der Waals surface area contributed by atoms with E-state index in [0.29, 0.717) is 5.69 Å². The lowest BCUT2D eigenvalue weighted by molar-refractivity contribution is 0.0959. The number of rotatable bonds is 3. The molecule has 0 fully saturated rings. The van der Waals surface area contributed by atoms with Crippen LogP contribution in [0.5, 0.6) is 0 Å². The van der Waals surface area contributed by atoms with E-state index in [-0.39, 0.29) is 17.6 Å². The molecule has 0 spiro atoms. The molecule has 0 saturated carbocycles. The molecule has 5 nitrogen and oxygen atoms in total. The average Bonchev–Trinajstić information content (AvgIpc) is 3.05. The van der Waals surface area contributed by atoms with Crippen molar-refractivity contribution in [1.82, 2.24) is 10.6 Å². The van der Waals surface area contributed by atoms with Crippen LogP contribution < -0.4 is 16.0 Å². The first-order chi connectivity index (χ1) is 11.6. The molecule has 126 valence electrons. The maximum absolute atomic E-state index is 13.7. The summed E-state index contributed by atoms with van der Waals surface area (Å²) >= 11 is 1.71. The Morgan fingerprint density at radius 1 is 1.29 bits per heavy atom. The average molecular weight is 347 g/mol. The fourth-order valence-corrected chi connectivity index (χ4v) is 3.86. The number of aryl methyl sites for hydroxylation is 1. The van der Waals surface area contributed by atoms with E-state index in [1.54, 1.807) is 11.3 Å². The Balaban J connectivity index is 1.69. The van der Waals surface area contributed by atoms with Crippen molar-refractivity contribution < 1.29 is 14.0 Å². The van der Waals surface area contributed by atoms with Crippen LogP contribution >= 0.6 is 11.3 Å².